The number of allylic oxidation sites excluding steroid dienone is 2. The summed E-state index contributed by atoms with van der Waals surface area (Å²) in [5.41, 5.74) is 1.34. The molecule has 2 aliphatic heterocycles. The second kappa shape index (κ2) is 10.6. The van der Waals surface area contributed by atoms with Gasteiger partial charge in [-0.25, -0.2) is 9.98 Å². The molecular formula is C23H30N4O3S2. The summed E-state index contributed by atoms with van der Waals surface area (Å²) in [6, 6.07) is 7.43. The van der Waals surface area contributed by atoms with E-state index in [-0.39, 0.29) is 11.3 Å². The predicted molar refractivity (Wildman–Crippen MR) is 134 cm³/mol. The number of benzene rings is 1. The molecule has 0 amide bonds. The lowest BCUT2D eigenvalue weighted by Crippen LogP contribution is -2.32. The van der Waals surface area contributed by atoms with E-state index in [1.54, 1.807) is 24.2 Å². The van der Waals surface area contributed by atoms with Crippen LogP contribution in [0.5, 0.6) is 0 Å². The van der Waals surface area contributed by atoms with Crippen LogP contribution in [0.4, 0.5) is 5.69 Å². The molecule has 2 aliphatic rings. The van der Waals surface area contributed by atoms with Crippen LogP contribution in [0.2, 0.25) is 0 Å². The monoisotopic (exact) mass is 474 g/mol. The Balaban J connectivity index is 1.72. The average Bonchev–Trinajstić information content (AvgIpc) is 3.04. The van der Waals surface area contributed by atoms with Crippen molar-refractivity contribution in [3.63, 3.8) is 0 Å². The summed E-state index contributed by atoms with van der Waals surface area (Å²) in [5, 5.41) is 3.23. The Labute approximate surface area is 197 Å². The van der Waals surface area contributed by atoms with Crippen LogP contribution in [-0.4, -0.2) is 59.4 Å². The highest BCUT2D eigenvalue weighted by atomic mass is 32.2. The normalized spacial score (nSPS) is 23.6. The number of guanidine groups is 1. The van der Waals surface area contributed by atoms with Crippen molar-refractivity contribution < 1.29 is 14.1 Å². The number of ether oxygens (including phenoxy) is 1. The molecule has 0 saturated carbocycles. The molecule has 3 rings (SSSR count). The number of aliphatic imine (C=N–C) groups is 2. The van der Waals surface area contributed by atoms with Gasteiger partial charge in [-0.05, 0) is 50.2 Å². The summed E-state index contributed by atoms with van der Waals surface area (Å²) in [7, 11) is 2.01. The number of likely N-dealkylation sites (N-methyl/N-ethyl adjacent to an activating group) is 1. The first-order chi connectivity index (χ1) is 15.1. The summed E-state index contributed by atoms with van der Waals surface area (Å²) < 4.78 is 17.3. The van der Waals surface area contributed by atoms with Gasteiger partial charge in [0.2, 0.25) is 5.96 Å². The molecule has 0 aliphatic carbocycles. The van der Waals surface area contributed by atoms with Gasteiger partial charge in [-0.15, -0.1) is 0 Å². The lowest BCUT2D eigenvalue weighted by Gasteiger charge is -2.24. The maximum Gasteiger partial charge on any atom is 0.311 e. The zero-order chi connectivity index (χ0) is 23.3. The summed E-state index contributed by atoms with van der Waals surface area (Å²) in [6.07, 6.45) is 8.26. The minimum atomic E-state index is -1.06. The van der Waals surface area contributed by atoms with Crippen molar-refractivity contribution in [2.75, 3.05) is 31.8 Å². The first kappa shape index (κ1) is 24.4. The van der Waals surface area contributed by atoms with Gasteiger partial charge in [-0.1, -0.05) is 23.9 Å². The van der Waals surface area contributed by atoms with E-state index >= 15 is 0 Å². The SMILES string of the molecule is CN1C2=C(C/N=C(Nc3cccc([S+](C)[O-])c3)\N=C/C/C=C\2)SC1COC(=O)C(C)(C)C. The fourth-order valence-electron chi connectivity index (χ4n) is 3.01. The van der Waals surface area contributed by atoms with Gasteiger partial charge in [0.1, 0.15) is 18.2 Å². The fourth-order valence-corrected chi connectivity index (χ4v) is 4.79. The van der Waals surface area contributed by atoms with Crippen LogP contribution in [0, 0.1) is 5.41 Å². The molecule has 0 fully saturated rings. The highest BCUT2D eigenvalue weighted by Crippen LogP contribution is 2.38. The van der Waals surface area contributed by atoms with Gasteiger partial charge in [0.25, 0.3) is 0 Å². The van der Waals surface area contributed by atoms with Crippen LogP contribution in [0.15, 0.2) is 61.9 Å². The Morgan fingerprint density at radius 3 is 2.91 bits per heavy atom. The van der Waals surface area contributed by atoms with Crippen LogP contribution in [-0.2, 0) is 20.7 Å². The minimum absolute atomic E-state index is 0.000413. The standard InChI is InChI=1S/C23H30N4O3S2/c1-23(2,3)21(28)30-15-20-27(4)18-11-6-7-12-24-22(25-14-19(18)31-20)26-16-9-8-10-17(13-16)32(5)29/h6,8-13,20H,7,14-15H2,1-5H3,(H,25,26)/b11-6-,24-12-. The maximum atomic E-state index is 12.2. The molecule has 0 bridgehead atoms. The van der Waals surface area contributed by atoms with E-state index < -0.39 is 16.6 Å². The van der Waals surface area contributed by atoms with Crippen molar-refractivity contribution in [2.45, 2.75) is 37.5 Å². The predicted octanol–water partition coefficient (Wildman–Crippen LogP) is 4.03. The number of carbonyl (C=O) groups excluding carboxylic acids is 1. The zero-order valence-electron chi connectivity index (χ0n) is 19.1. The third kappa shape index (κ3) is 6.40. The van der Waals surface area contributed by atoms with E-state index in [1.165, 1.54) is 0 Å². The molecule has 0 saturated heterocycles. The Morgan fingerprint density at radius 1 is 1.41 bits per heavy atom. The van der Waals surface area contributed by atoms with Crippen molar-refractivity contribution >= 4 is 46.8 Å². The molecule has 172 valence electrons. The summed E-state index contributed by atoms with van der Waals surface area (Å²) in [4.78, 5) is 25.3. The van der Waals surface area contributed by atoms with Gasteiger partial charge >= 0.3 is 5.97 Å². The average molecular weight is 475 g/mol. The number of esters is 1. The van der Waals surface area contributed by atoms with Gasteiger partial charge in [0.05, 0.1) is 12.0 Å². The first-order valence-electron chi connectivity index (χ1n) is 10.4. The number of rotatable bonds is 4. The lowest BCUT2D eigenvalue weighted by molar-refractivity contribution is -0.153. The minimum Gasteiger partial charge on any atom is -0.612 e. The molecule has 1 aromatic rings. The van der Waals surface area contributed by atoms with Gasteiger partial charge < -0.3 is 19.5 Å². The Kier molecular flexibility index (Phi) is 8.08. The molecule has 2 unspecified atom stereocenters. The maximum absolute atomic E-state index is 12.2. The van der Waals surface area contributed by atoms with Crippen molar-refractivity contribution in [2.24, 2.45) is 15.4 Å². The third-order valence-corrected chi connectivity index (χ3v) is 7.14. The van der Waals surface area contributed by atoms with E-state index in [2.05, 4.69) is 32.4 Å². The van der Waals surface area contributed by atoms with Crippen LogP contribution in [0.3, 0.4) is 0 Å². The van der Waals surface area contributed by atoms with E-state index in [4.69, 9.17) is 4.74 Å². The molecule has 7 nitrogen and oxygen atoms in total. The Morgan fingerprint density at radius 2 is 2.19 bits per heavy atom. The number of anilines is 1. The topological polar surface area (TPSA) is 89.3 Å². The molecule has 32 heavy (non-hydrogen) atoms. The number of hydrogen-bond donors (Lipinski definition) is 1. The van der Waals surface area contributed by atoms with Gasteiger partial charge in [-0.2, -0.15) is 0 Å². The highest BCUT2D eigenvalue weighted by Gasteiger charge is 2.31. The van der Waals surface area contributed by atoms with Gasteiger partial charge in [0, 0.05) is 42.0 Å². The summed E-state index contributed by atoms with van der Waals surface area (Å²) in [6.45, 7) is 6.32. The molecular weight excluding hydrogens is 444 g/mol. The quantitative estimate of drug-likeness (QED) is 0.524. The van der Waals surface area contributed by atoms with Crippen LogP contribution in [0.1, 0.15) is 27.2 Å². The molecule has 0 spiro atoms. The van der Waals surface area contributed by atoms with Gasteiger partial charge in [-0.3, -0.25) is 4.79 Å². The van der Waals surface area contributed by atoms with E-state index in [9.17, 15) is 9.35 Å². The smallest absolute Gasteiger partial charge is 0.311 e. The summed E-state index contributed by atoms with van der Waals surface area (Å²) >= 11 is 0.599. The first-order valence-corrected chi connectivity index (χ1v) is 12.8. The largest absolute Gasteiger partial charge is 0.612 e. The van der Waals surface area contributed by atoms with E-state index in [1.807, 2.05) is 52.1 Å². The molecule has 0 radical (unpaired) electrons. The summed E-state index contributed by atoms with van der Waals surface area (Å²) in [5.74, 6) is 0.292. The third-order valence-electron chi connectivity index (χ3n) is 4.87. The molecule has 0 aromatic heterocycles. The molecule has 9 heteroatoms. The zero-order valence-corrected chi connectivity index (χ0v) is 20.8. The van der Waals surface area contributed by atoms with Crippen molar-refractivity contribution in [3.05, 3.63) is 47.0 Å². The van der Waals surface area contributed by atoms with Crippen molar-refractivity contribution in [1.29, 1.82) is 0 Å². The highest BCUT2D eigenvalue weighted by molar-refractivity contribution is 8.03. The fraction of sp³-hybridized carbons (Fsp3) is 0.435. The van der Waals surface area contributed by atoms with Crippen molar-refractivity contribution in [3.8, 4) is 0 Å². The van der Waals surface area contributed by atoms with E-state index in [0.717, 1.165) is 21.2 Å². The number of thioether (sulfide) groups is 1. The van der Waals surface area contributed by atoms with Crippen LogP contribution in [0.25, 0.3) is 0 Å². The lowest BCUT2D eigenvalue weighted by atomic mass is 9.97. The number of carbonyl (C=O) groups is 1. The molecule has 2 atom stereocenters. The van der Waals surface area contributed by atoms with Crippen LogP contribution >= 0.6 is 11.8 Å². The van der Waals surface area contributed by atoms with Crippen LogP contribution < -0.4 is 5.32 Å². The molecule has 1 aromatic carbocycles. The number of nitrogens with one attached hydrogen (secondary N) is 1. The van der Waals surface area contributed by atoms with E-state index in [0.29, 0.717) is 25.5 Å². The number of hydrogen-bond acceptors (Lipinski definition) is 8. The van der Waals surface area contributed by atoms with Crippen molar-refractivity contribution in [1.82, 2.24) is 4.90 Å². The second-order valence-electron chi connectivity index (χ2n) is 8.54. The number of nitrogens with zero attached hydrogens (tertiary/aromatic N) is 3. The Hall–Kier alpha value is -2.23. The molecule has 2 heterocycles. The van der Waals surface area contributed by atoms with Gasteiger partial charge in [0.15, 0.2) is 4.90 Å². The Bertz CT molecular complexity index is 964. The molecule has 1 N–H and O–H groups in total. The second-order valence-corrected chi connectivity index (χ2v) is 11.2.